The fraction of sp³-hybridized carbons (Fsp3) is 0.167. The zero-order valence-corrected chi connectivity index (χ0v) is 14.5. The van der Waals surface area contributed by atoms with Gasteiger partial charge in [-0.15, -0.1) is 0 Å². The van der Waals surface area contributed by atoms with E-state index >= 15 is 0 Å². The molecule has 0 saturated heterocycles. The monoisotopic (exact) mass is 355 g/mol. The predicted molar refractivity (Wildman–Crippen MR) is 97.8 cm³/mol. The van der Waals surface area contributed by atoms with Gasteiger partial charge in [0.05, 0.1) is 11.2 Å². The van der Waals surface area contributed by atoms with Crippen molar-refractivity contribution in [1.82, 2.24) is 4.98 Å². The molecule has 0 aliphatic heterocycles. The van der Waals surface area contributed by atoms with Crippen molar-refractivity contribution in [2.45, 2.75) is 20.8 Å². The fourth-order valence-electron chi connectivity index (χ4n) is 2.62. The Hall–Kier alpha value is -2.07. The number of benzene rings is 2. The van der Waals surface area contributed by atoms with Gasteiger partial charge in [0, 0.05) is 26.9 Å². The van der Waals surface area contributed by atoms with Crippen molar-refractivity contribution in [3.63, 3.8) is 0 Å². The van der Waals surface area contributed by atoms with Crippen LogP contribution in [-0.2, 0) is 0 Å². The number of hydrogen-bond acceptors (Lipinski definition) is 3. The van der Waals surface area contributed by atoms with Crippen molar-refractivity contribution in [2.75, 3.05) is 11.1 Å². The molecule has 0 aliphatic rings. The molecule has 0 radical (unpaired) electrons. The lowest BCUT2D eigenvalue weighted by atomic mass is 10.0. The van der Waals surface area contributed by atoms with Crippen LogP contribution in [0.4, 0.5) is 17.1 Å². The van der Waals surface area contributed by atoms with Gasteiger partial charge < -0.3 is 11.1 Å². The van der Waals surface area contributed by atoms with Gasteiger partial charge in [-0.1, -0.05) is 15.9 Å². The van der Waals surface area contributed by atoms with Crippen LogP contribution in [0.25, 0.3) is 10.9 Å². The number of nitrogens with two attached hydrogens (primary N) is 1. The Kier molecular flexibility index (Phi) is 3.79. The summed E-state index contributed by atoms with van der Waals surface area (Å²) in [6, 6.07) is 12.1. The summed E-state index contributed by atoms with van der Waals surface area (Å²) in [5, 5.41) is 4.44. The van der Waals surface area contributed by atoms with Crippen LogP contribution in [0, 0.1) is 20.8 Å². The maximum atomic E-state index is 6.27. The second-order valence-corrected chi connectivity index (χ2v) is 6.49. The zero-order valence-electron chi connectivity index (χ0n) is 12.9. The van der Waals surface area contributed by atoms with E-state index in [0.717, 1.165) is 43.7 Å². The Morgan fingerprint density at radius 2 is 1.73 bits per heavy atom. The molecule has 112 valence electrons. The zero-order chi connectivity index (χ0) is 15.9. The van der Waals surface area contributed by atoms with E-state index in [9.17, 15) is 0 Å². The Morgan fingerprint density at radius 3 is 2.41 bits per heavy atom. The van der Waals surface area contributed by atoms with Crippen molar-refractivity contribution in [3.8, 4) is 0 Å². The van der Waals surface area contributed by atoms with Crippen LogP contribution in [0.1, 0.15) is 16.8 Å². The number of halogens is 1. The largest absolute Gasteiger partial charge is 0.398 e. The quantitative estimate of drug-likeness (QED) is 0.617. The van der Waals surface area contributed by atoms with Crippen LogP contribution in [0.2, 0.25) is 0 Å². The molecule has 0 fully saturated rings. The van der Waals surface area contributed by atoms with E-state index in [1.165, 1.54) is 5.56 Å². The minimum atomic E-state index is 0.755. The first-order valence-electron chi connectivity index (χ1n) is 7.15. The van der Waals surface area contributed by atoms with Gasteiger partial charge in [-0.3, -0.25) is 4.98 Å². The third-order valence-electron chi connectivity index (χ3n) is 3.88. The Morgan fingerprint density at radius 1 is 1.05 bits per heavy atom. The van der Waals surface area contributed by atoms with Crippen molar-refractivity contribution >= 4 is 43.9 Å². The van der Waals surface area contributed by atoms with Gasteiger partial charge in [-0.25, -0.2) is 0 Å². The van der Waals surface area contributed by atoms with E-state index in [-0.39, 0.29) is 0 Å². The topological polar surface area (TPSA) is 50.9 Å². The van der Waals surface area contributed by atoms with Crippen LogP contribution >= 0.6 is 15.9 Å². The summed E-state index contributed by atoms with van der Waals surface area (Å²) in [5.74, 6) is 0. The molecule has 4 heteroatoms. The summed E-state index contributed by atoms with van der Waals surface area (Å²) in [6.45, 7) is 6.16. The number of fused-ring (bicyclic) bond motifs is 1. The van der Waals surface area contributed by atoms with Gasteiger partial charge in [-0.05, 0) is 68.3 Å². The Labute approximate surface area is 138 Å². The highest BCUT2D eigenvalue weighted by molar-refractivity contribution is 9.10. The second kappa shape index (κ2) is 5.61. The second-order valence-electron chi connectivity index (χ2n) is 5.57. The van der Waals surface area contributed by atoms with Crippen molar-refractivity contribution in [3.05, 3.63) is 57.7 Å². The molecule has 0 aliphatic carbocycles. The average molecular weight is 356 g/mol. The Balaban J connectivity index is 2.20. The minimum Gasteiger partial charge on any atom is -0.398 e. The summed E-state index contributed by atoms with van der Waals surface area (Å²) < 4.78 is 1.06. The molecule has 0 atom stereocenters. The highest BCUT2D eigenvalue weighted by atomic mass is 79.9. The lowest BCUT2D eigenvalue weighted by Gasteiger charge is -2.15. The van der Waals surface area contributed by atoms with E-state index < -0.39 is 0 Å². The number of nitrogens with one attached hydrogen (secondary N) is 1. The minimum absolute atomic E-state index is 0.755. The summed E-state index contributed by atoms with van der Waals surface area (Å²) in [4.78, 5) is 4.69. The molecule has 0 amide bonds. The van der Waals surface area contributed by atoms with Gasteiger partial charge in [0.1, 0.15) is 0 Å². The molecule has 3 nitrogen and oxygen atoms in total. The lowest BCUT2D eigenvalue weighted by Crippen LogP contribution is -2.00. The smallest absolute Gasteiger partial charge is 0.0778 e. The maximum absolute atomic E-state index is 6.27. The lowest BCUT2D eigenvalue weighted by molar-refractivity contribution is 1.23. The first-order chi connectivity index (χ1) is 10.5. The number of nitrogen functional groups attached to an aromatic ring is 1. The molecule has 0 saturated carbocycles. The third-order valence-corrected chi connectivity index (χ3v) is 4.41. The first kappa shape index (κ1) is 14.9. The van der Waals surface area contributed by atoms with E-state index in [1.54, 1.807) is 0 Å². The molecular formula is C18H18BrN3. The van der Waals surface area contributed by atoms with Crippen LogP contribution in [-0.4, -0.2) is 4.98 Å². The van der Waals surface area contributed by atoms with Crippen molar-refractivity contribution in [1.29, 1.82) is 0 Å². The van der Waals surface area contributed by atoms with E-state index in [0.29, 0.717) is 0 Å². The molecule has 0 bridgehead atoms. The molecular weight excluding hydrogens is 338 g/mol. The SMILES string of the molecule is Cc1cc(Nc2ccc(Br)cc2)c2c(N)cc(C)c(C)c2n1. The molecule has 3 rings (SSSR count). The molecule has 0 unspecified atom stereocenters. The van der Waals surface area contributed by atoms with E-state index in [4.69, 9.17) is 5.73 Å². The first-order valence-corrected chi connectivity index (χ1v) is 7.94. The van der Waals surface area contributed by atoms with Crippen molar-refractivity contribution in [2.24, 2.45) is 0 Å². The molecule has 0 spiro atoms. The molecule has 3 aromatic rings. The summed E-state index contributed by atoms with van der Waals surface area (Å²) >= 11 is 3.45. The standard InChI is InChI=1S/C18H18BrN3/c1-10-8-15(20)17-16(9-11(2)21-18(17)12(10)3)22-14-6-4-13(19)5-7-14/h4-9H,20H2,1-3H3,(H,21,22). The van der Waals surface area contributed by atoms with E-state index in [1.807, 2.05) is 43.3 Å². The highest BCUT2D eigenvalue weighted by Crippen LogP contribution is 2.34. The van der Waals surface area contributed by atoms with Gasteiger partial charge in [0.25, 0.3) is 0 Å². The van der Waals surface area contributed by atoms with Gasteiger partial charge in [0.15, 0.2) is 0 Å². The molecule has 1 heterocycles. The molecule has 1 aromatic heterocycles. The van der Waals surface area contributed by atoms with Gasteiger partial charge in [0.2, 0.25) is 0 Å². The number of nitrogens with zero attached hydrogens (tertiary/aromatic N) is 1. The van der Waals surface area contributed by atoms with Crippen LogP contribution in [0.3, 0.4) is 0 Å². The molecule has 22 heavy (non-hydrogen) atoms. The Bertz CT molecular complexity index is 855. The molecule has 2 aromatic carbocycles. The van der Waals surface area contributed by atoms with Crippen LogP contribution < -0.4 is 11.1 Å². The normalized spacial score (nSPS) is 10.9. The number of hydrogen-bond donors (Lipinski definition) is 2. The molecule has 3 N–H and O–H groups in total. The van der Waals surface area contributed by atoms with Crippen molar-refractivity contribution < 1.29 is 0 Å². The number of aryl methyl sites for hydroxylation is 3. The number of anilines is 3. The number of rotatable bonds is 2. The average Bonchev–Trinajstić information content (AvgIpc) is 2.46. The third kappa shape index (κ3) is 2.66. The predicted octanol–water partition coefficient (Wildman–Crippen LogP) is 5.25. The summed E-state index contributed by atoms with van der Waals surface area (Å²) in [7, 11) is 0. The van der Waals surface area contributed by atoms with Crippen LogP contribution in [0.5, 0.6) is 0 Å². The van der Waals surface area contributed by atoms with Crippen LogP contribution in [0.15, 0.2) is 40.9 Å². The maximum Gasteiger partial charge on any atom is 0.0778 e. The summed E-state index contributed by atoms with van der Waals surface area (Å²) in [5.41, 5.74) is 13.3. The summed E-state index contributed by atoms with van der Waals surface area (Å²) in [6.07, 6.45) is 0. The van der Waals surface area contributed by atoms with Gasteiger partial charge in [-0.2, -0.15) is 0 Å². The number of aromatic nitrogens is 1. The highest BCUT2D eigenvalue weighted by Gasteiger charge is 2.12. The fourth-order valence-corrected chi connectivity index (χ4v) is 2.89. The number of pyridine rings is 1. The van der Waals surface area contributed by atoms with E-state index in [2.05, 4.69) is 40.1 Å². The van der Waals surface area contributed by atoms with Gasteiger partial charge >= 0.3 is 0 Å².